The molecule has 0 heterocycles. The van der Waals surface area contributed by atoms with Crippen molar-refractivity contribution in [2.24, 2.45) is 5.92 Å². The molecule has 0 bridgehead atoms. The number of aryl methyl sites for hydroxylation is 1. The average Bonchev–Trinajstić information content (AvgIpc) is 2.99. The summed E-state index contributed by atoms with van der Waals surface area (Å²) in [5.74, 6) is 1.05. The maximum atomic E-state index is 12.2. The van der Waals surface area contributed by atoms with Crippen molar-refractivity contribution in [3.8, 4) is 0 Å². The molecule has 0 saturated heterocycles. The summed E-state index contributed by atoms with van der Waals surface area (Å²) < 4.78 is 0. The highest BCUT2D eigenvalue weighted by atomic mass is 16.1. The molecule has 1 fully saturated rings. The van der Waals surface area contributed by atoms with Gasteiger partial charge in [-0.1, -0.05) is 49.9 Å². The number of carbonyl (C=O) groups is 1. The summed E-state index contributed by atoms with van der Waals surface area (Å²) >= 11 is 0. The van der Waals surface area contributed by atoms with E-state index in [1.54, 1.807) is 0 Å². The van der Waals surface area contributed by atoms with Gasteiger partial charge < -0.3 is 5.32 Å². The van der Waals surface area contributed by atoms with Crippen LogP contribution in [0, 0.1) is 5.92 Å². The minimum Gasteiger partial charge on any atom is -0.349 e. The van der Waals surface area contributed by atoms with Crippen LogP contribution in [0.2, 0.25) is 0 Å². The number of nitrogens with one attached hydrogen (secondary N) is 1. The van der Waals surface area contributed by atoms with Crippen molar-refractivity contribution < 1.29 is 4.79 Å². The van der Waals surface area contributed by atoms with Gasteiger partial charge in [0.1, 0.15) is 0 Å². The molecule has 1 amide bonds. The van der Waals surface area contributed by atoms with E-state index in [0.29, 0.717) is 6.42 Å². The maximum absolute atomic E-state index is 12.2. The topological polar surface area (TPSA) is 29.1 Å². The van der Waals surface area contributed by atoms with Gasteiger partial charge in [-0.05, 0) is 42.7 Å². The van der Waals surface area contributed by atoms with E-state index in [0.717, 1.165) is 25.2 Å². The van der Waals surface area contributed by atoms with Crippen LogP contribution in [0.15, 0.2) is 24.3 Å². The molecule has 2 heteroatoms. The lowest BCUT2D eigenvalue weighted by Gasteiger charge is -2.26. The van der Waals surface area contributed by atoms with Gasteiger partial charge in [-0.3, -0.25) is 4.79 Å². The third kappa shape index (κ3) is 3.23. The van der Waals surface area contributed by atoms with Crippen LogP contribution in [-0.4, -0.2) is 5.91 Å². The summed E-state index contributed by atoms with van der Waals surface area (Å²) in [6.07, 6.45) is 10.6. The first-order valence-electron chi connectivity index (χ1n) is 8.20. The van der Waals surface area contributed by atoms with Crippen molar-refractivity contribution in [3.05, 3.63) is 35.4 Å². The maximum Gasteiger partial charge on any atom is 0.220 e. The highest BCUT2D eigenvalue weighted by molar-refractivity contribution is 5.76. The molecule has 1 aromatic rings. The third-order valence-corrected chi connectivity index (χ3v) is 4.96. The second-order valence-corrected chi connectivity index (χ2v) is 6.40. The fraction of sp³-hybridized carbons (Fsp3) is 0.611. The summed E-state index contributed by atoms with van der Waals surface area (Å²) in [6.45, 7) is 0. The highest BCUT2D eigenvalue weighted by Gasteiger charge is 2.22. The molecule has 1 unspecified atom stereocenters. The van der Waals surface area contributed by atoms with Crippen LogP contribution in [0.1, 0.15) is 68.5 Å². The molecule has 2 aliphatic rings. The van der Waals surface area contributed by atoms with Crippen molar-refractivity contribution in [1.29, 1.82) is 0 Å². The zero-order valence-electron chi connectivity index (χ0n) is 12.2. The number of rotatable bonds is 4. The lowest BCUT2D eigenvalue weighted by atomic mass is 9.87. The minimum absolute atomic E-state index is 0.246. The van der Waals surface area contributed by atoms with E-state index in [-0.39, 0.29) is 11.9 Å². The Morgan fingerprint density at radius 1 is 1.10 bits per heavy atom. The number of carbonyl (C=O) groups excluding carboxylic acids is 1. The molecule has 0 aromatic heterocycles. The second-order valence-electron chi connectivity index (χ2n) is 6.40. The van der Waals surface area contributed by atoms with Crippen LogP contribution >= 0.6 is 0 Å². The fourth-order valence-corrected chi connectivity index (χ4v) is 3.80. The molecule has 0 radical (unpaired) electrons. The Kier molecular flexibility index (Phi) is 4.39. The van der Waals surface area contributed by atoms with Gasteiger partial charge >= 0.3 is 0 Å². The Bertz CT molecular complexity index is 462. The number of hydrogen-bond acceptors (Lipinski definition) is 1. The lowest BCUT2D eigenvalue weighted by Crippen LogP contribution is -2.31. The van der Waals surface area contributed by atoms with Gasteiger partial charge in [0.15, 0.2) is 0 Å². The van der Waals surface area contributed by atoms with E-state index in [4.69, 9.17) is 0 Å². The Morgan fingerprint density at radius 3 is 2.75 bits per heavy atom. The second kappa shape index (κ2) is 6.43. The largest absolute Gasteiger partial charge is 0.349 e. The van der Waals surface area contributed by atoms with Gasteiger partial charge in [-0.25, -0.2) is 0 Å². The van der Waals surface area contributed by atoms with Crippen molar-refractivity contribution in [1.82, 2.24) is 5.32 Å². The summed E-state index contributed by atoms with van der Waals surface area (Å²) in [5.41, 5.74) is 2.76. The van der Waals surface area contributed by atoms with E-state index in [9.17, 15) is 4.79 Å². The summed E-state index contributed by atoms with van der Waals surface area (Å²) in [7, 11) is 0. The molecule has 0 spiro atoms. The predicted octanol–water partition coefficient (Wildman–Crippen LogP) is 4.15. The summed E-state index contributed by atoms with van der Waals surface area (Å²) in [5, 5.41) is 3.26. The summed E-state index contributed by atoms with van der Waals surface area (Å²) in [4.78, 5) is 12.2. The molecule has 1 saturated carbocycles. The van der Waals surface area contributed by atoms with Gasteiger partial charge in [-0.2, -0.15) is 0 Å². The van der Waals surface area contributed by atoms with E-state index >= 15 is 0 Å². The summed E-state index contributed by atoms with van der Waals surface area (Å²) in [6, 6.07) is 8.81. The first-order valence-corrected chi connectivity index (χ1v) is 8.20. The van der Waals surface area contributed by atoms with Gasteiger partial charge in [0.25, 0.3) is 0 Å². The quantitative estimate of drug-likeness (QED) is 0.875. The number of benzene rings is 1. The van der Waals surface area contributed by atoms with Gasteiger partial charge in [0.05, 0.1) is 6.04 Å². The monoisotopic (exact) mass is 271 g/mol. The van der Waals surface area contributed by atoms with E-state index in [2.05, 4.69) is 29.6 Å². The van der Waals surface area contributed by atoms with E-state index in [1.807, 2.05) is 0 Å². The molecule has 1 atom stereocenters. The molecular weight excluding hydrogens is 246 g/mol. The zero-order chi connectivity index (χ0) is 13.8. The Balaban J connectivity index is 1.54. The van der Waals surface area contributed by atoms with Crippen molar-refractivity contribution in [2.75, 3.05) is 0 Å². The molecule has 0 aliphatic heterocycles. The molecule has 20 heavy (non-hydrogen) atoms. The molecule has 1 N–H and O–H groups in total. The molecular formula is C18H25NO. The van der Waals surface area contributed by atoms with Gasteiger partial charge in [0.2, 0.25) is 5.91 Å². The minimum atomic E-state index is 0.246. The number of hydrogen-bond donors (Lipinski definition) is 1. The van der Waals surface area contributed by atoms with Crippen LogP contribution in [0.4, 0.5) is 0 Å². The van der Waals surface area contributed by atoms with Crippen LogP contribution in [0.5, 0.6) is 0 Å². The third-order valence-electron chi connectivity index (χ3n) is 4.96. The number of fused-ring (bicyclic) bond motifs is 1. The molecule has 108 valence electrons. The van der Waals surface area contributed by atoms with Crippen LogP contribution in [-0.2, 0) is 11.2 Å². The normalized spacial score (nSPS) is 22.5. The highest BCUT2D eigenvalue weighted by Crippen LogP contribution is 2.31. The van der Waals surface area contributed by atoms with Crippen LogP contribution < -0.4 is 5.32 Å². The predicted molar refractivity (Wildman–Crippen MR) is 81.5 cm³/mol. The van der Waals surface area contributed by atoms with Crippen LogP contribution in [0.3, 0.4) is 0 Å². The van der Waals surface area contributed by atoms with Gasteiger partial charge in [0, 0.05) is 6.42 Å². The van der Waals surface area contributed by atoms with E-state index < -0.39 is 0 Å². The standard InChI is InChI=1S/C18H25NO/c20-18(13-12-14-6-1-2-7-14)19-17-11-5-9-15-8-3-4-10-16(15)17/h3-4,8,10,14,17H,1-2,5-7,9,11-13H2,(H,19,20). The Morgan fingerprint density at radius 2 is 1.90 bits per heavy atom. The smallest absolute Gasteiger partial charge is 0.220 e. The molecule has 1 aromatic carbocycles. The van der Waals surface area contributed by atoms with Crippen molar-refractivity contribution in [3.63, 3.8) is 0 Å². The van der Waals surface area contributed by atoms with E-state index in [1.165, 1.54) is 43.2 Å². The molecule has 3 rings (SSSR count). The first kappa shape index (κ1) is 13.7. The Labute approximate surface area is 122 Å². The Hall–Kier alpha value is -1.31. The zero-order valence-corrected chi connectivity index (χ0v) is 12.2. The average molecular weight is 271 g/mol. The van der Waals surface area contributed by atoms with Crippen molar-refractivity contribution in [2.45, 2.75) is 63.8 Å². The van der Waals surface area contributed by atoms with Crippen LogP contribution in [0.25, 0.3) is 0 Å². The lowest BCUT2D eigenvalue weighted by molar-refractivity contribution is -0.122. The molecule has 2 nitrogen and oxygen atoms in total. The first-order chi connectivity index (χ1) is 9.83. The molecule has 2 aliphatic carbocycles. The van der Waals surface area contributed by atoms with Crippen molar-refractivity contribution >= 4 is 5.91 Å². The van der Waals surface area contributed by atoms with Gasteiger partial charge in [-0.15, -0.1) is 0 Å². The fourth-order valence-electron chi connectivity index (χ4n) is 3.80. The SMILES string of the molecule is O=C(CCC1CCCC1)NC1CCCc2ccccc21. The number of amides is 1.